The van der Waals surface area contributed by atoms with Crippen LogP contribution in [0.15, 0.2) is 96.2 Å². The highest BCUT2D eigenvalue weighted by molar-refractivity contribution is 6.03. The molecule has 3 heterocycles. The molecule has 428 valence electrons. The molecule has 3 aliphatic heterocycles. The molecule has 3 aromatic rings. The molecular weight excluding hydrogens is 1010 g/mol. The fraction of sp³-hybridized carbons (Fsp3) is 0.565. The van der Waals surface area contributed by atoms with Gasteiger partial charge in [-0.25, -0.2) is 4.79 Å². The number of rotatable bonds is 31. The van der Waals surface area contributed by atoms with Gasteiger partial charge in [-0.1, -0.05) is 101 Å². The van der Waals surface area contributed by atoms with Crippen LogP contribution < -0.4 is 24.3 Å². The number of carbonyl (C=O) groups is 2. The zero-order chi connectivity index (χ0) is 55.4. The minimum Gasteiger partial charge on any atom is -0.459 e. The summed E-state index contributed by atoms with van der Waals surface area (Å²) in [7, 11) is 0. The first kappa shape index (κ1) is 58.9. The van der Waals surface area contributed by atoms with Gasteiger partial charge in [0.25, 0.3) is 5.69 Å². The first-order valence-electron chi connectivity index (χ1n) is 29.1. The Morgan fingerprint density at radius 1 is 0.886 bits per heavy atom. The van der Waals surface area contributed by atoms with E-state index in [0.29, 0.717) is 79.5 Å². The summed E-state index contributed by atoms with van der Waals surface area (Å²) in [5.74, 6) is -1.19. The number of ether oxygens (including phenoxy) is 6. The van der Waals surface area contributed by atoms with Crippen LogP contribution in [-0.2, 0) is 25.7 Å². The van der Waals surface area contributed by atoms with E-state index in [2.05, 4.69) is 24.9 Å². The molecule has 1 saturated heterocycles. The largest absolute Gasteiger partial charge is 0.459 e. The number of fused-ring (bicyclic) bond motifs is 3. The highest BCUT2D eigenvalue weighted by Crippen LogP contribution is 2.62. The van der Waals surface area contributed by atoms with Crippen molar-refractivity contribution in [2.45, 2.75) is 166 Å². The van der Waals surface area contributed by atoms with Gasteiger partial charge in [0.2, 0.25) is 24.8 Å². The molecule has 3 N–H and O–H groups in total. The van der Waals surface area contributed by atoms with Gasteiger partial charge in [-0.05, 0) is 122 Å². The number of unbranched alkanes of at least 4 members (excludes halogenated alkanes) is 11. The van der Waals surface area contributed by atoms with Crippen LogP contribution in [0.2, 0.25) is 0 Å². The number of allylic oxidation sites excluding steroid dienone is 1. The molecule has 2 amide bonds. The van der Waals surface area contributed by atoms with E-state index in [0.717, 1.165) is 61.6 Å². The number of amides is 2. The van der Waals surface area contributed by atoms with E-state index in [1.54, 1.807) is 35.3 Å². The molecule has 2 aliphatic carbocycles. The van der Waals surface area contributed by atoms with Crippen LogP contribution in [0.5, 0.6) is 23.0 Å². The lowest BCUT2D eigenvalue weighted by Crippen LogP contribution is -2.70. The van der Waals surface area contributed by atoms with Crippen molar-refractivity contribution < 1.29 is 58.0 Å². The molecule has 3 aromatic carbocycles. The Labute approximate surface area is 465 Å². The summed E-state index contributed by atoms with van der Waals surface area (Å²) >= 11 is 0. The van der Waals surface area contributed by atoms with Crippen molar-refractivity contribution in [3.63, 3.8) is 0 Å². The number of hydrogen-bond donors (Lipinski definition) is 3. The van der Waals surface area contributed by atoms with Crippen molar-refractivity contribution in [3.8, 4) is 23.0 Å². The molecule has 0 spiro atoms. The van der Waals surface area contributed by atoms with Crippen LogP contribution in [0.4, 0.5) is 10.5 Å². The standard InChI is InChI=1S/C62H82N4O13/c1-3-5-6-7-8-9-10-11-12-16-33-63-61(70)77-48-29-31-53-51(40-48)59-49(21-14-18-35-68)46(20-13-17-34-67)39-50-52(64-79-58-22-15-19-37-73-58)41-56(62(78-53,60(50)59)76-36-4-2)65(42-45-25-30-54-55(38-45)75-43-74-54)57(69)32-26-44-23-27-47(28-24-44)66(71)72/h4,23-32,38-40,46,49,56,58-60,67-68H,2-3,5-22,33-37,41-43H2,1H3,(H,63,70)/t46-,49+,56-,58?,59+,60+,62+/m0/s1. The van der Waals surface area contributed by atoms with Gasteiger partial charge in [-0.15, -0.1) is 6.58 Å². The predicted molar refractivity (Wildman–Crippen MR) is 301 cm³/mol. The lowest BCUT2D eigenvalue weighted by molar-refractivity contribution is -0.384. The van der Waals surface area contributed by atoms with E-state index in [4.69, 9.17) is 38.4 Å². The minimum absolute atomic E-state index is 0.0270. The minimum atomic E-state index is -1.61. The van der Waals surface area contributed by atoms with E-state index in [1.807, 2.05) is 30.3 Å². The van der Waals surface area contributed by atoms with Crippen molar-refractivity contribution in [1.29, 1.82) is 0 Å². The van der Waals surface area contributed by atoms with Gasteiger partial charge in [-0.2, -0.15) is 0 Å². The van der Waals surface area contributed by atoms with Crippen molar-refractivity contribution in [1.82, 2.24) is 10.2 Å². The Hall–Kier alpha value is -6.27. The number of benzene rings is 3. The summed E-state index contributed by atoms with van der Waals surface area (Å²) in [6.45, 7) is 7.59. The molecule has 17 heteroatoms. The lowest BCUT2D eigenvalue weighted by atomic mass is 9.55. The van der Waals surface area contributed by atoms with Crippen LogP contribution in [0.3, 0.4) is 0 Å². The fourth-order valence-electron chi connectivity index (χ4n) is 12.1. The Morgan fingerprint density at radius 2 is 1.62 bits per heavy atom. The Balaban J connectivity index is 1.21. The van der Waals surface area contributed by atoms with Crippen LogP contribution in [0.1, 0.15) is 158 Å². The van der Waals surface area contributed by atoms with Crippen molar-refractivity contribution >= 4 is 29.5 Å². The van der Waals surface area contributed by atoms with Gasteiger partial charge in [0.1, 0.15) is 17.5 Å². The number of oxime groups is 1. The number of nitrogens with one attached hydrogen (secondary N) is 1. The van der Waals surface area contributed by atoms with E-state index in [-0.39, 0.29) is 63.0 Å². The molecule has 79 heavy (non-hydrogen) atoms. The molecule has 1 unspecified atom stereocenters. The van der Waals surface area contributed by atoms with Gasteiger partial charge in [-0.3, -0.25) is 14.9 Å². The molecule has 5 aliphatic rings. The fourth-order valence-corrected chi connectivity index (χ4v) is 12.1. The molecule has 2 fully saturated rings. The second-order valence-electron chi connectivity index (χ2n) is 21.5. The summed E-state index contributed by atoms with van der Waals surface area (Å²) in [5.41, 5.74) is 3.49. The summed E-state index contributed by atoms with van der Waals surface area (Å²) < 4.78 is 38.4. The quantitative estimate of drug-likeness (QED) is 0.0180. The number of nitro benzene ring substituents is 1. The molecular formula is C62H82N4O13. The molecule has 0 aromatic heterocycles. The third-order valence-electron chi connectivity index (χ3n) is 16.0. The maximum atomic E-state index is 15.4. The van der Waals surface area contributed by atoms with E-state index < -0.39 is 41.0 Å². The molecule has 1 saturated carbocycles. The topological polar surface area (TPSA) is 210 Å². The van der Waals surface area contributed by atoms with Crippen molar-refractivity contribution in [3.05, 3.63) is 118 Å². The van der Waals surface area contributed by atoms with E-state index >= 15 is 4.79 Å². The zero-order valence-corrected chi connectivity index (χ0v) is 46.1. The van der Waals surface area contributed by atoms with E-state index in [9.17, 15) is 25.1 Å². The smallest absolute Gasteiger partial charge is 0.412 e. The highest BCUT2D eigenvalue weighted by Gasteiger charge is 2.65. The molecule has 17 nitrogen and oxygen atoms in total. The predicted octanol–water partition coefficient (Wildman–Crippen LogP) is 12.2. The van der Waals surface area contributed by atoms with Crippen LogP contribution >= 0.6 is 0 Å². The average molecular weight is 1090 g/mol. The number of carbonyl (C=O) groups excluding carboxylic acids is 2. The SMILES string of the molecule is C=CCO[C@@]12Oc3ccc(OC(=O)NCCCCCCCCCCCC)cc3[C@H]3[C@H](CCCCO)[C@@H](CCCCO)C=C(C(=NOC4CCCCO4)C[C@@H]1N(Cc1ccc4c(c1)OCO4)C(=O)C=Cc1ccc([N+](=O)[O-])cc1)[C@H]32. The Bertz CT molecular complexity index is 2580. The number of aliphatic hydroxyl groups is 2. The maximum Gasteiger partial charge on any atom is 0.412 e. The molecule has 7 atom stereocenters. The van der Waals surface area contributed by atoms with Gasteiger partial charge in [0.15, 0.2) is 11.5 Å². The summed E-state index contributed by atoms with van der Waals surface area (Å²) in [4.78, 5) is 48.2. The third-order valence-corrected chi connectivity index (χ3v) is 16.0. The average Bonchev–Trinajstić information content (AvgIpc) is 3.56. The first-order chi connectivity index (χ1) is 38.7. The first-order valence-corrected chi connectivity index (χ1v) is 29.1. The van der Waals surface area contributed by atoms with Gasteiger partial charge in [0.05, 0.1) is 29.8 Å². The van der Waals surface area contributed by atoms with Gasteiger partial charge < -0.3 is 53.7 Å². The number of nitro groups is 1. The van der Waals surface area contributed by atoms with Crippen molar-refractivity contribution in [2.75, 3.05) is 39.8 Å². The molecule has 0 bridgehead atoms. The summed E-state index contributed by atoms with van der Waals surface area (Å²) in [5, 5.41) is 39.7. The monoisotopic (exact) mass is 1090 g/mol. The van der Waals surface area contributed by atoms with E-state index in [1.165, 1.54) is 63.2 Å². The second-order valence-corrected chi connectivity index (χ2v) is 21.5. The number of nitrogens with zero attached hydrogens (tertiary/aromatic N) is 3. The third kappa shape index (κ3) is 15.4. The van der Waals surface area contributed by atoms with Crippen LogP contribution in [0, 0.1) is 27.9 Å². The summed E-state index contributed by atoms with van der Waals surface area (Å²) in [6, 6.07) is 16.1. The van der Waals surface area contributed by atoms with Gasteiger partial charge in [0, 0.05) is 68.8 Å². The molecule has 0 radical (unpaired) electrons. The summed E-state index contributed by atoms with van der Waals surface area (Å²) in [6.07, 6.45) is 24.5. The number of hydrogen-bond acceptors (Lipinski definition) is 14. The Morgan fingerprint density at radius 3 is 2.34 bits per heavy atom. The second kappa shape index (κ2) is 29.8. The van der Waals surface area contributed by atoms with Crippen LogP contribution in [0.25, 0.3) is 6.08 Å². The van der Waals surface area contributed by atoms with Crippen molar-refractivity contribution in [2.24, 2.45) is 22.9 Å². The maximum absolute atomic E-state index is 15.4. The van der Waals surface area contributed by atoms with Crippen LogP contribution in [-0.4, -0.2) is 95.6 Å². The number of aliphatic hydroxyl groups excluding tert-OH is 2. The Kier molecular flexibility index (Phi) is 22.2. The zero-order valence-electron chi connectivity index (χ0n) is 46.1. The lowest BCUT2D eigenvalue weighted by Gasteiger charge is -2.60. The normalized spacial score (nSPS) is 23.3. The highest BCUT2D eigenvalue weighted by atomic mass is 16.8. The van der Waals surface area contributed by atoms with Gasteiger partial charge >= 0.3 is 6.09 Å². The molecule has 8 rings (SSSR count). The number of non-ortho nitro benzene ring substituents is 1.